The van der Waals surface area contributed by atoms with Crippen LogP contribution < -0.4 is 0 Å². The van der Waals surface area contributed by atoms with Gasteiger partial charge in [0.1, 0.15) is 5.31 Å². The Morgan fingerprint density at radius 2 is 1.88 bits per heavy atom. The molecule has 1 saturated heterocycles. The van der Waals surface area contributed by atoms with Gasteiger partial charge in [0.2, 0.25) is 0 Å². The Morgan fingerprint density at radius 1 is 1.29 bits per heavy atom. The first kappa shape index (κ1) is 18.5. The number of nitrogens with zero attached hydrogens (tertiary/aromatic N) is 1. The van der Waals surface area contributed by atoms with Crippen molar-refractivity contribution in [3.05, 3.63) is 45.3 Å². The highest BCUT2D eigenvalue weighted by Gasteiger charge is 2.39. The highest BCUT2D eigenvalue weighted by atomic mass is 31.2. The number of rotatable bonds is 4. The number of hydrogen-bond donors (Lipinski definition) is 0. The molecule has 0 aromatic heterocycles. The van der Waals surface area contributed by atoms with Gasteiger partial charge in [0.25, 0.3) is 5.69 Å². The van der Waals surface area contributed by atoms with Crippen LogP contribution in [0.4, 0.5) is 5.69 Å². The first-order chi connectivity index (χ1) is 11.2. The summed E-state index contributed by atoms with van der Waals surface area (Å²) in [5, 5.41) is 10.8. The highest BCUT2D eigenvalue weighted by Crippen LogP contribution is 2.60. The molecule has 0 radical (unpaired) electrons. The smallest absolute Gasteiger partial charge is 0.302 e. The van der Waals surface area contributed by atoms with Crippen molar-refractivity contribution in [2.24, 2.45) is 0 Å². The molecule has 8 heteroatoms. The van der Waals surface area contributed by atoms with Gasteiger partial charge in [-0.15, -0.1) is 0 Å². The van der Waals surface area contributed by atoms with E-state index in [-0.39, 0.29) is 23.2 Å². The molecule has 130 valence electrons. The number of hydrogen-bond acceptors (Lipinski definition) is 6. The molecule has 1 heterocycles. The monoisotopic (exact) mass is 353 g/mol. The zero-order valence-corrected chi connectivity index (χ0v) is 14.7. The number of carbonyl (C=O) groups excluding carboxylic acids is 1. The summed E-state index contributed by atoms with van der Waals surface area (Å²) in [5.41, 5.74) is 0.274. The molecule has 0 spiro atoms. The van der Waals surface area contributed by atoms with Crippen molar-refractivity contribution in [3.63, 3.8) is 0 Å². The zero-order valence-electron chi connectivity index (χ0n) is 13.8. The minimum absolute atomic E-state index is 0.0939. The Bertz CT molecular complexity index is 713. The molecule has 2 rings (SSSR count). The second-order valence-electron chi connectivity index (χ2n) is 5.84. The van der Waals surface area contributed by atoms with E-state index in [0.29, 0.717) is 18.4 Å². The molecule has 0 aliphatic carbocycles. The number of benzene rings is 1. The molecule has 0 bridgehead atoms. The standard InChI is InChI=1S/C16H20NO6P/c1-11-7-8-12(2)23-24(21,22-11)16(13(3)18)10-14-5-4-6-15(9-14)17(19)20/h4-6,9-12H,7-8H2,1-3H3/b16-10+. The van der Waals surface area contributed by atoms with E-state index < -0.39 is 18.3 Å². The molecular weight excluding hydrogens is 333 g/mol. The van der Waals surface area contributed by atoms with Gasteiger partial charge >= 0.3 is 7.60 Å². The summed E-state index contributed by atoms with van der Waals surface area (Å²) in [6.45, 7) is 4.83. The molecule has 0 saturated carbocycles. The summed E-state index contributed by atoms with van der Waals surface area (Å²) >= 11 is 0. The van der Waals surface area contributed by atoms with Crippen LogP contribution in [0, 0.1) is 10.1 Å². The molecule has 2 atom stereocenters. The molecule has 1 aliphatic rings. The Morgan fingerprint density at radius 3 is 2.38 bits per heavy atom. The van der Waals surface area contributed by atoms with Gasteiger partial charge in [-0.1, -0.05) is 12.1 Å². The molecule has 0 N–H and O–H groups in total. The number of nitro groups is 1. The van der Waals surface area contributed by atoms with E-state index in [1.54, 1.807) is 19.9 Å². The fourth-order valence-corrected chi connectivity index (χ4v) is 4.57. The van der Waals surface area contributed by atoms with Crippen molar-refractivity contribution >= 4 is 25.1 Å². The summed E-state index contributed by atoms with van der Waals surface area (Å²) in [5.74, 6) is -0.453. The molecular formula is C16H20NO6P. The minimum Gasteiger partial charge on any atom is -0.302 e. The number of nitro benzene ring substituents is 1. The van der Waals surface area contributed by atoms with Gasteiger partial charge in [0.05, 0.1) is 17.1 Å². The predicted molar refractivity (Wildman–Crippen MR) is 89.7 cm³/mol. The molecule has 1 fully saturated rings. The van der Waals surface area contributed by atoms with Crippen LogP contribution in [-0.4, -0.2) is 22.9 Å². The Hall–Kier alpha value is -1.82. The summed E-state index contributed by atoms with van der Waals surface area (Å²) < 4.78 is 24.3. The molecule has 24 heavy (non-hydrogen) atoms. The van der Waals surface area contributed by atoms with Crippen LogP contribution in [0.2, 0.25) is 0 Å². The Kier molecular flexibility index (Phi) is 5.70. The molecule has 1 aromatic rings. The molecule has 7 nitrogen and oxygen atoms in total. The normalized spacial score (nSPS) is 28.2. The number of Topliss-reactive ketones (excluding diaryl/α,β-unsaturated/α-hetero) is 1. The maximum Gasteiger partial charge on any atom is 0.365 e. The van der Waals surface area contributed by atoms with E-state index in [2.05, 4.69) is 0 Å². The molecule has 1 aromatic carbocycles. The van der Waals surface area contributed by atoms with Gasteiger partial charge in [-0.3, -0.25) is 19.5 Å². The molecule has 1 aliphatic heterocycles. The van der Waals surface area contributed by atoms with Gasteiger partial charge < -0.3 is 9.05 Å². The van der Waals surface area contributed by atoms with Crippen molar-refractivity contribution < 1.29 is 23.3 Å². The summed E-state index contributed by atoms with van der Waals surface area (Å²) in [6.07, 6.45) is 2.07. The average molecular weight is 353 g/mol. The van der Waals surface area contributed by atoms with Gasteiger partial charge in [0, 0.05) is 12.1 Å². The van der Waals surface area contributed by atoms with Crippen molar-refractivity contribution in [2.45, 2.75) is 45.8 Å². The van der Waals surface area contributed by atoms with Gasteiger partial charge in [-0.2, -0.15) is 0 Å². The van der Waals surface area contributed by atoms with Gasteiger partial charge in [-0.25, -0.2) is 0 Å². The van der Waals surface area contributed by atoms with Gasteiger partial charge in [-0.05, 0) is 45.3 Å². The lowest BCUT2D eigenvalue weighted by molar-refractivity contribution is -0.384. The second-order valence-corrected chi connectivity index (χ2v) is 7.74. The van der Waals surface area contributed by atoms with Crippen LogP contribution in [-0.2, 0) is 18.4 Å². The maximum absolute atomic E-state index is 13.2. The summed E-state index contributed by atoms with van der Waals surface area (Å²) in [4.78, 5) is 22.4. The largest absolute Gasteiger partial charge is 0.365 e. The van der Waals surface area contributed by atoms with Crippen molar-refractivity contribution in [2.75, 3.05) is 0 Å². The summed E-state index contributed by atoms with van der Waals surface area (Å²) in [6, 6.07) is 5.74. The third kappa shape index (κ3) is 4.38. The van der Waals surface area contributed by atoms with E-state index in [9.17, 15) is 19.5 Å². The lowest BCUT2D eigenvalue weighted by Gasteiger charge is -2.21. The fraction of sp³-hybridized carbons (Fsp3) is 0.438. The minimum atomic E-state index is -3.80. The number of ketones is 1. The van der Waals surface area contributed by atoms with E-state index in [4.69, 9.17) is 9.05 Å². The average Bonchev–Trinajstić information content (AvgIpc) is 2.63. The van der Waals surface area contributed by atoms with Crippen LogP contribution in [0.25, 0.3) is 6.08 Å². The topological polar surface area (TPSA) is 95.7 Å². The summed E-state index contributed by atoms with van der Waals surface area (Å²) in [7, 11) is -3.80. The fourth-order valence-electron chi connectivity index (χ4n) is 2.45. The number of non-ortho nitro benzene ring substituents is 1. The first-order valence-corrected chi connectivity index (χ1v) is 9.20. The third-order valence-electron chi connectivity index (χ3n) is 3.66. The van der Waals surface area contributed by atoms with Crippen molar-refractivity contribution in [1.82, 2.24) is 0 Å². The van der Waals surface area contributed by atoms with Crippen molar-refractivity contribution in [1.29, 1.82) is 0 Å². The lowest BCUT2D eigenvalue weighted by atomic mass is 10.1. The van der Waals surface area contributed by atoms with Crippen LogP contribution in [0.5, 0.6) is 0 Å². The van der Waals surface area contributed by atoms with E-state index in [1.807, 2.05) is 0 Å². The Balaban J connectivity index is 2.48. The number of carbonyl (C=O) groups is 1. The van der Waals surface area contributed by atoms with Gasteiger partial charge in [0.15, 0.2) is 5.78 Å². The predicted octanol–water partition coefficient (Wildman–Crippen LogP) is 4.32. The first-order valence-electron chi connectivity index (χ1n) is 7.66. The zero-order chi connectivity index (χ0) is 17.9. The van der Waals surface area contributed by atoms with Crippen LogP contribution >= 0.6 is 7.60 Å². The Labute approximate surface area is 140 Å². The second kappa shape index (κ2) is 7.38. The van der Waals surface area contributed by atoms with E-state index in [0.717, 1.165) is 0 Å². The van der Waals surface area contributed by atoms with Crippen molar-refractivity contribution in [3.8, 4) is 0 Å². The molecule has 2 unspecified atom stereocenters. The maximum atomic E-state index is 13.2. The van der Waals surface area contributed by atoms with Crippen LogP contribution in [0.15, 0.2) is 29.6 Å². The van der Waals surface area contributed by atoms with E-state index >= 15 is 0 Å². The third-order valence-corrected chi connectivity index (χ3v) is 5.97. The quantitative estimate of drug-likeness (QED) is 0.346. The number of allylic oxidation sites excluding steroid dienone is 1. The van der Waals surface area contributed by atoms with Crippen LogP contribution in [0.3, 0.4) is 0 Å². The molecule has 0 amide bonds. The SMILES string of the molecule is CC(=O)/C(=C\c1cccc([N+](=O)[O-])c1)P1(=O)OC(C)CCC(C)O1. The highest BCUT2D eigenvalue weighted by molar-refractivity contribution is 7.60. The van der Waals surface area contributed by atoms with E-state index in [1.165, 1.54) is 31.2 Å². The van der Waals surface area contributed by atoms with Crippen LogP contribution in [0.1, 0.15) is 39.2 Å². The lowest BCUT2D eigenvalue weighted by Crippen LogP contribution is -2.09.